The lowest BCUT2D eigenvalue weighted by Gasteiger charge is -2.03. The van der Waals surface area contributed by atoms with Crippen LogP contribution < -0.4 is 5.32 Å². The van der Waals surface area contributed by atoms with Crippen molar-refractivity contribution in [1.29, 1.82) is 0 Å². The monoisotopic (exact) mass is 263 g/mol. The summed E-state index contributed by atoms with van der Waals surface area (Å²) in [5.74, 6) is 6.10. The molecular weight excluding hydrogens is 246 g/mol. The van der Waals surface area contributed by atoms with E-state index in [1.54, 1.807) is 0 Å². The van der Waals surface area contributed by atoms with Gasteiger partial charge in [-0.25, -0.2) is 0 Å². The number of hydrogen-bond acceptors (Lipinski definition) is 1. The number of amides is 1. The number of nitrogens with one attached hydrogen (secondary N) is 1. The summed E-state index contributed by atoms with van der Waals surface area (Å²) in [6.07, 6.45) is 1.02. The molecule has 0 atom stereocenters. The standard InChI is InChI=1S/C18H17NO/c20-18(19-15-17-12-5-2-6-13-17)14-8-7-11-16-9-3-1-4-10-16/h1-6,9-10,12-13H,8,14-15H2,(H,19,20). The predicted octanol–water partition coefficient (Wildman–Crippen LogP) is 3.13. The Kier molecular flexibility index (Phi) is 5.42. The van der Waals surface area contributed by atoms with Gasteiger partial charge < -0.3 is 5.32 Å². The zero-order valence-electron chi connectivity index (χ0n) is 11.3. The minimum atomic E-state index is 0.0382. The van der Waals surface area contributed by atoms with Crippen molar-refractivity contribution in [2.24, 2.45) is 0 Å². The largest absolute Gasteiger partial charge is 0.352 e. The number of rotatable bonds is 4. The lowest BCUT2D eigenvalue weighted by Crippen LogP contribution is -2.22. The Morgan fingerprint density at radius 1 is 0.950 bits per heavy atom. The van der Waals surface area contributed by atoms with E-state index in [0.29, 0.717) is 19.4 Å². The Bertz CT molecular complexity index is 594. The van der Waals surface area contributed by atoms with Crippen molar-refractivity contribution in [1.82, 2.24) is 5.32 Å². The highest BCUT2D eigenvalue weighted by Gasteiger charge is 1.99. The first-order valence-electron chi connectivity index (χ1n) is 6.69. The van der Waals surface area contributed by atoms with E-state index in [1.165, 1.54) is 0 Å². The maximum absolute atomic E-state index is 11.6. The maximum Gasteiger partial charge on any atom is 0.221 e. The fraction of sp³-hybridized carbons (Fsp3) is 0.167. The van der Waals surface area contributed by atoms with Gasteiger partial charge in [0.1, 0.15) is 0 Å². The first kappa shape index (κ1) is 13.9. The molecule has 0 aliphatic carbocycles. The summed E-state index contributed by atoms with van der Waals surface area (Å²) in [6, 6.07) is 19.7. The van der Waals surface area contributed by atoms with Gasteiger partial charge in [0.05, 0.1) is 0 Å². The lowest BCUT2D eigenvalue weighted by atomic mass is 10.2. The summed E-state index contributed by atoms with van der Waals surface area (Å²) < 4.78 is 0. The van der Waals surface area contributed by atoms with Crippen LogP contribution in [0.1, 0.15) is 24.0 Å². The number of benzene rings is 2. The molecule has 0 aliphatic heterocycles. The van der Waals surface area contributed by atoms with Crippen molar-refractivity contribution in [2.45, 2.75) is 19.4 Å². The maximum atomic E-state index is 11.6. The van der Waals surface area contributed by atoms with Crippen LogP contribution in [-0.4, -0.2) is 5.91 Å². The Morgan fingerprint density at radius 2 is 1.60 bits per heavy atom. The van der Waals surface area contributed by atoms with E-state index < -0.39 is 0 Å². The molecule has 0 fully saturated rings. The predicted molar refractivity (Wildman–Crippen MR) is 80.8 cm³/mol. The third-order valence-corrected chi connectivity index (χ3v) is 2.82. The summed E-state index contributed by atoms with van der Waals surface area (Å²) in [6.45, 7) is 0.575. The van der Waals surface area contributed by atoms with Crippen LogP contribution in [0.3, 0.4) is 0 Å². The van der Waals surface area contributed by atoms with E-state index in [-0.39, 0.29) is 5.91 Å². The van der Waals surface area contributed by atoms with E-state index in [0.717, 1.165) is 11.1 Å². The summed E-state index contributed by atoms with van der Waals surface area (Å²) in [7, 11) is 0. The van der Waals surface area contributed by atoms with Crippen molar-refractivity contribution < 1.29 is 4.79 Å². The molecule has 0 heterocycles. The van der Waals surface area contributed by atoms with Gasteiger partial charge in [-0.1, -0.05) is 60.4 Å². The van der Waals surface area contributed by atoms with E-state index in [2.05, 4.69) is 17.2 Å². The average molecular weight is 263 g/mol. The second-order valence-electron chi connectivity index (χ2n) is 4.43. The van der Waals surface area contributed by atoms with Gasteiger partial charge in [-0.3, -0.25) is 4.79 Å². The molecule has 1 N–H and O–H groups in total. The van der Waals surface area contributed by atoms with Crippen molar-refractivity contribution in [3.05, 3.63) is 71.8 Å². The van der Waals surface area contributed by atoms with Gasteiger partial charge in [0.15, 0.2) is 0 Å². The topological polar surface area (TPSA) is 29.1 Å². The number of hydrogen-bond donors (Lipinski definition) is 1. The second-order valence-corrected chi connectivity index (χ2v) is 4.43. The van der Waals surface area contributed by atoms with Gasteiger partial charge in [0, 0.05) is 24.9 Å². The molecule has 2 heteroatoms. The molecule has 0 unspecified atom stereocenters. The van der Waals surface area contributed by atoms with Crippen molar-refractivity contribution in [3.8, 4) is 11.8 Å². The summed E-state index contributed by atoms with van der Waals surface area (Å²) in [5, 5.41) is 2.89. The summed E-state index contributed by atoms with van der Waals surface area (Å²) in [5.41, 5.74) is 2.09. The van der Waals surface area contributed by atoms with Crippen LogP contribution in [0.5, 0.6) is 0 Å². The molecule has 1 amide bonds. The van der Waals surface area contributed by atoms with Crippen LogP contribution in [0, 0.1) is 11.8 Å². The quantitative estimate of drug-likeness (QED) is 0.844. The van der Waals surface area contributed by atoms with E-state index in [4.69, 9.17) is 0 Å². The fourth-order valence-corrected chi connectivity index (χ4v) is 1.75. The van der Waals surface area contributed by atoms with Crippen molar-refractivity contribution in [2.75, 3.05) is 0 Å². The Labute approximate surface area is 119 Å². The third kappa shape index (κ3) is 4.99. The van der Waals surface area contributed by atoms with Crippen LogP contribution in [0.25, 0.3) is 0 Å². The highest BCUT2D eigenvalue weighted by Crippen LogP contribution is 1.98. The molecule has 2 rings (SSSR count). The molecule has 0 saturated heterocycles. The van der Waals surface area contributed by atoms with E-state index >= 15 is 0 Å². The van der Waals surface area contributed by atoms with Gasteiger partial charge >= 0.3 is 0 Å². The summed E-state index contributed by atoms with van der Waals surface area (Å²) >= 11 is 0. The second kappa shape index (κ2) is 7.81. The highest BCUT2D eigenvalue weighted by molar-refractivity contribution is 5.76. The number of carbonyl (C=O) groups is 1. The molecule has 20 heavy (non-hydrogen) atoms. The molecule has 0 aromatic heterocycles. The molecule has 0 saturated carbocycles. The highest BCUT2D eigenvalue weighted by atomic mass is 16.1. The molecule has 100 valence electrons. The molecular formula is C18H17NO. The third-order valence-electron chi connectivity index (χ3n) is 2.82. The molecule has 0 radical (unpaired) electrons. The van der Waals surface area contributed by atoms with E-state index in [9.17, 15) is 4.79 Å². The average Bonchev–Trinajstić information content (AvgIpc) is 2.52. The molecule has 2 aromatic carbocycles. The minimum Gasteiger partial charge on any atom is -0.352 e. The van der Waals surface area contributed by atoms with E-state index in [1.807, 2.05) is 60.7 Å². The zero-order chi connectivity index (χ0) is 14.0. The van der Waals surface area contributed by atoms with Crippen molar-refractivity contribution in [3.63, 3.8) is 0 Å². The van der Waals surface area contributed by atoms with Gasteiger partial charge in [0.25, 0.3) is 0 Å². The molecule has 0 aliphatic rings. The SMILES string of the molecule is O=C(CCC#Cc1ccccc1)NCc1ccccc1. The zero-order valence-corrected chi connectivity index (χ0v) is 11.3. The van der Waals surface area contributed by atoms with Crippen molar-refractivity contribution >= 4 is 5.91 Å². The van der Waals surface area contributed by atoms with Gasteiger partial charge in [-0.15, -0.1) is 0 Å². The van der Waals surface area contributed by atoms with Crippen LogP contribution in [0.15, 0.2) is 60.7 Å². The van der Waals surface area contributed by atoms with Gasteiger partial charge in [-0.2, -0.15) is 0 Å². The first-order valence-corrected chi connectivity index (χ1v) is 6.69. The van der Waals surface area contributed by atoms with Crippen LogP contribution in [0.2, 0.25) is 0 Å². The Hall–Kier alpha value is -2.53. The van der Waals surface area contributed by atoms with Crippen LogP contribution in [-0.2, 0) is 11.3 Å². The van der Waals surface area contributed by atoms with Crippen LogP contribution in [0.4, 0.5) is 0 Å². The smallest absolute Gasteiger partial charge is 0.221 e. The number of carbonyl (C=O) groups excluding carboxylic acids is 1. The van der Waals surface area contributed by atoms with Crippen LogP contribution >= 0.6 is 0 Å². The fourth-order valence-electron chi connectivity index (χ4n) is 1.75. The Morgan fingerprint density at radius 3 is 2.30 bits per heavy atom. The normalized spacial score (nSPS) is 9.40. The lowest BCUT2D eigenvalue weighted by molar-refractivity contribution is -0.121. The molecule has 2 nitrogen and oxygen atoms in total. The summed E-state index contributed by atoms with van der Waals surface area (Å²) in [4.78, 5) is 11.6. The van der Waals surface area contributed by atoms with Gasteiger partial charge in [-0.05, 0) is 17.7 Å². The Balaban J connectivity index is 1.70. The molecule has 0 spiro atoms. The van der Waals surface area contributed by atoms with Gasteiger partial charge in [0.2, 0.25) is 5.91 Å². The first-order chi connectivity index (χ1) is 9.84. The molecule has 0 bridgehead atoms. The molecule has 2 aromatic rings. The minimum absolute atomic E-state index is 0.0382.